The van der Waals surface area contributed by atoms with Crippen molar-refractivity contribution in [2.24, 2.45) is 0 Å². The number of nitrogens with two attached hydrogens (primary N) is 1. The number of pyridine rings is 1. The van der Waals surface area contributed by atoms with Crippen LogP contribution in [0.3, 0.4) is 0 Å². The topological polar surface area (TPSA) is 60.2 Å². The molecule has 0 amide bonds. The summed E-state index contributed by atoms with van der Waals surface area (Å²) in [5, 5.41) is 4.50. The van der Waals surface area contributed by atoms with Crippen LogP contribution in [0.5, 0.6) is 5.75 Å². The fraction of sp³-hybridized carbons (Fsp3) is 0.118. The van der Waals surface area contributed by atoms with Crippen LogP contribution >= 0.6 is 0 Å². The molecule has 3 N–H and O–H groups in total. The van der Waals surface area contributed by atoms with Crippen molar-refractivity contribution in [1.29, 1.82) is 0 Å². The van der Waals surface area contributed by atoms with Gasteiger partial charge in [0.15, 0.2) is 0 Å². The Kier molecular flexibility index (Phi) is 3.87. The highest BCUT2D eigenvalue weighted by Gasteiger charge is 2.00. The quantitative estimate of drug-likeness (QED) is 0.555. The monoisotopic (exact) mass is 279 g/mol. The van der Waals surface area contributed by atoms with Gasteiger partial charge in [-0.3, -0.25) is 4.98 Å². The van der Waals surface area contributed by atoms with Crippen LogP contribution < -0.4 is 15.8 Å². The third-order valence-corrected chi connectivity index (χ3v) is 3.22. The SMILES string of the molecule is Nc1ccc(OCCNc2ccnc3ccccc23)cc1. The van der Waals surface area contributed by atoms with Crippen LogP contribution in [0.1, 0.15) is 0 Å². The summed E-state index contributed by atoms with van der Waals surface area (Å²) < 4.78 is 5.66. The lowest BCUT2D eigenvalue weighted by Crippen LogP contribution is -2.11. The molecule has 2 aromatic carbocycles. The third-order valence-electron chi connectivity index (χ3n) is 3.22. The predicted octanol–water partition coefficient (Wildman–Crippen LogP) is 3.31. The van der Waals surface area contributed by atoms with E-state index in [2.05, 4.69) is 16.4 Å². The number of aromatic nitrogens is 1. The highest BCUT2D eigenvalue weighted by Crippen LogP contribution is 2.20. The molecule has 4 heteroatoms. The van der Waals surface area contributed by atoms with Crippen LogP contribution in [-0.2, 0) is 0 Å². The summed E-state index contributed by atoms with van der Waals surface area (Å²) in [6.07, 6.45) is 1.81. The van der Waals surface area contributed by atoms with Gasteiger partial charge in [0.1, 0.15) is 12.4 Å². The Morgan fingerprint density at radius 2 is 1.81 bits per heavy atom. The Morgan fingerprint density at radius 1 is 1.00 bits per heavy atom. The lowest BCUT2D eigenvalue weighted by Gasteiger charge is -2.10. The zero-order valence-electron chi connectivity index (χ0n) is 11.6. The summed E-state index contributed by atoms with van der Waals surface area (Å²) in [6, 6.07) is 17.5. The van der Waals surface area contributed by atoms with Crippen molar-refractivity contribution in [1.82, 2.24) is 4.98 Å². The van der Waals surface area contributed by atoms with Gasteiger partial charge in [0.2, 0.25) is 0 Å². The van der Waals surface area contributed by atoms with E-state index in [0.29, 0.717) is 6.61 Å². The minimum Gasteiger partial charge on any atom is -0.492 e. The van der Waals surface area contributed by atoms with E-state index in [-0.39, 0.29) is 0 Å². The molecule has 1 heterocycles. The van der Waals surface area contributed by atoms with Crippen LogP contribution in [0.15, 0.2) is 60.8 Å². The number of anilines is 2. The summed E-state index contributed by atoms with van der Waals surface area (Å²) in [5.41, 5.74) is 8.43. The van der Waals surface area contributed by atoms with Gasteiger partial charge in [0.05, 0.1) is 5.52 Å². The van der Waals surface area contributed by atoms with Crippen LogP contribution in [-0.4, -0.2) is 18.1 Å². The second-order valence-electron chi connectivity index (χ2n) is 4.72. The summed E-state index contributed by atoms with van der Waals surface area (Å²) in [4.78, 5) is 4.34. The van der Waals surface area contributed by atoms with Gasteiger partial charge in [-0.15, -0.1) is 0 Å². The maximum Gasteiger partial charge on any atom is 0.119 e. The van der Waals surface area contributed by atoms with Crippen molar-refractivity contribution in [3.05, 3.63) is 60.8 Å². The molecule has 0 atom stereocenters. The lowest BCUT2D eigenvalue weighted by molar-refractivity contribution is 0.333. The standard InChI is InChI=1S/C17H17N3O/c18-13-5-7-14(8-6-13)21-12-11-20-17-9-10-19-16-4-2-1-3-15(16)17/h1-10H,11-12,18H2,(H,19,20). The number of rotatable bonds is 5. The largest absolute Gasteiger partial charge is 0.492 e. The van der Waals surface area contributed by atoms with Crippen molar-refractivity contribution in [3.8, 4) is 5.75 Å². The fourth-order valence-corrected chi connectivity index (χ4v) is 2.17. The second-order valence-corrected chi connectivity index (χ2v) is 4.72. The molecule has 0 saturated heterocycles. The van der Waals surface area contributed by atoms with Gasteiger partial charge in [-0.1, -0.05) is 18.2 Å². The van der Waals surface area contributed by atoms with E-state index >= 15 is 0 Å². The Hall–Kier alpha value is -2.75. The molecule has 0 unspecified atom stereocenters. The first-order valence-corrected chi connectivity index (χ1v) is 6.89. The Bertz CT molecular complexity index is 720. The zero-order chi connectivity index (χ0) is 14.5. The van der Waals surface area contributed by atoms with Crippen LogP contribution in [0.25, 0.3) is 10.9 Å². The molecule has 0 aliphatic heterocycles. The Labute approximate surface area is 123 Å². The van der Waals surface area contributed by atoms with Crippen LogP contribution in [0.2, 0.25) is 0 Å². The van der Waals surface area contributed by atoms with Gasteiger partial charge < -0.3 is 15.8 Å². The van der Waals surface area contributed by atoms with E-state index < -0.39 is 0 Å². The average molecular weight is 279 g/mol. The van der Waals surface area contributed by atoms with Gasteiger partial charge in [-0.2, -0.15) is 0 Å². The van der Waals surface area contributed by atoms with Crippen molar-refractivity contribution < 1.29 is 4.74 Å². The molecule has 0 aliphatic rings. The van der Waals surface area contributed by atoms with Crippen molar-refractivity contribution in [3.63, 3.8) is 0 Å². The van der Waals surface area contributed by atoms with Gasteiger partial charge >= 0.3 is 0 Å². The zero-order valence-corrected chi connectivity index (χ0v) is 11.6. The second kappa shape index (κ2) is 6.13. The van der Waals surface area contributed by atoms with Crippen molar-refractivity contribution in [2.45, 2.75) is 0 Å². The number of benzene rings is 2. The number of hydrogen-bond donors (Lipinski definition) is 2. The van der Waals surface area contributed by atoms with E-state index in [0.717, 1.165) is 34.6 Å². The normalized spacial score (nSPS) is 10.5. The molecule has 21 heavy (non-hydrogen) atoms. The molecule has 0 radical (unpaired) electrons. The molecule has 1 aromatic heterocycles. The first kappa shape index (κ1) is 13.2. The molecule has 0 fully saturated rings. The van der Waals surface area contributed by atoms with Gasteiger partial charge in [-0.25, -0.2) is 0 Å². The molecule has 106 valence electrons. The number of ether oxygens (including phenoxy) is 1. The maximum absolute atomic E-state index is 5.66. The highest BCUT2D eigenvalue weighted by atomic mass is 16.5. The minimum absolute atomic E-state index is 0.584. The lowest BCUT2D eigenvalue weighted by atomic mass is 10.2. The average Bonchev–Trinajstić information content (AvgIpc) is 2.53. The molecule has 0 saturated carbocycles. The maximum atomic E-state index is 5.66. The van der Waals surface area contributed by atoms with E-state index in [1.807, 2.05) is 54.7 Å². The van der Waals surface area contributed by atoms with Gasteiger partial charge in [0.25, 0.3) is 0 Å². The summed E-state index contributed by atoms with van der Waals surface area (Å²) in [6.45, 7) is 1.30. The molecule has 3 aromatic rings. The van der Waals surface area contributed by atoms with E-state index in [1.165, 1.54) is 0 Å². The number of nitrogens with zero attached hydrogens (tertiary/aromatic N) is 1. The summed E-state index contributed by atoms with van der Waals surface area (Å²) in [7, 11) is 0. The summed E-state index contributed by atoms with van der Waals surface area (Å²) >= 11 is 0. The molecular weight excluding hydrogens is 262 g/mol. The number of hydrogen-bond acceptors (Lipinski definition) is 4. The first-order chi connectivity index (χ1) is 10.3. The van der Waals surface area contributed by atoms with Gasteiger partial charge in [0, 0.05) is 29.5 Å². The van der Waals surface area contributed by atoms with Gasteiger partial charge in [-0.05, 0) is 36.4 Å². The smallest absolute Gasteiger partial charge is 0.119 e. The van der Waals surface area contributed by atoms with E-state index in [4.69, 9.17) is 10.5 Å². The minimum atomic E-state index is 0.584. The molecule has 3 rings (SSSR count). The Balaban J connectivity index is 1.58. The molecule has 0 spiro atoms. The van der Waals surface area contributed by atoms with Crippen molar-refractivity contribution >= 4 is 22.3 Å². The highest BCUT2D eigenvalue weighted by molar-refractivity contribution is 5.90. The third kappa shape index (κ3) is 3.23. The van der Waals surface area contributed by atoms with Crippen LogP contribution in [0, 0.1) is 0 Å². The van der Waals surface area contributed by atoms with Crippen LogP contribution in [0.4, 0.5) is 11.4 Å². The number of para-hydroxylation sites is 1. The fourth-order valence-electron chi connectivity index (χ4n) is 2.17. The molecule has 0 bridgehead atoms. The first-order valence-electron chi connectivity index (χ1n) is 6.89. The van der Waals surface area contributed by atoms with E-state index in [9.17, 15) is 0 Å². The number of fused-ring (bicyclic) bond motifs is 1. The number of nitrogen functional groups attached to an aromatic ring is 1. The molecule has 4 nitrogen and oxygen atoms in total. The Morgan fingerprint density at radius 3 is 2.67 bits per heavy atom. The summed E-state index contributed by atoms with van der Waals surface area (Å²) in [5.74, 6) is 0.825. The number of nitrogens with one attached hydrogen (secondary N) is 1. The molecule has 0 aliphatic carbocycles. The van der Waals surface area contributed by atoms with E-state index in [1.54, 1.807) is 0 Å². The molecular formula is C17H17N3O. The van der Waals surface area contributed by atoms with Crippen molar-refractivity contribution in [2.75, 3.05) is 24.2 Å². The predicted molar refractivity (Wildman–Crippen MR) is 86.6 cm³/mol.